The van der Waals surface area contributed by atoms with E-state index in [-0.39, 0.29) is 11.5 Å². The van der Waals surface area contributed by atoms with Gasteiger partial charge in [0, 0.05) is 24.2 Å². The second kappa shape index (κ2) is 7.47. The summed E-state index contributed by atoms with van der Waals surface area (Å²) in [7, 11) is 0. The first-order valence-electron chi connectivity index (χ1n) is 9.21. The van der Waals surface area contributed by atoms with Crippen molar-refractivity contribution in [1.29, 1.82) is 0 Å². The molecule has 1 unspecified atom stereocenters. The number of nitrogens with one attached hydrogen (secondary N) is 1. The van der Waals surface area contributed by atoms with Crippen LogP contribution in [0.1, 0.15) is 45.5 Å². The molecule has 30 heavy (non-hydrogen) atoms. The minimum absolute atomic E-state index is 0.170. The van der Waals surface area contributed by atoms with Gasteiger partial charge in [0.25, 0.3) is 5.91 Å². The molecule has 9 heteroatoms. The van der Waals surface area contributed by atoms with Gasteiger partial charge in [0.2, 0.25) is 0 Å². The van der Waals surface area contributed by atoms with Gasteiger partial charge in [-0.05, 0) is 53.4 Å². The quantitative estimate of drug-likeness (QED) is 0.652. The lowest BCUT2D eigenvalue weighted by Gasteiger charge is -2.19. The first-order chi connectivity index (χ1) is 14.2. The molecule has 4 rings (SSSR count). The van der Waals surface area contributed by atoms with Gasteiger partial charge in [-0.2, -0.15) is 18.3 Å². The minimum Gasteiger partial charge on any atom is -0.352 e. The van der Waals surface area contributed by atoms with Gasteiger partial charge in [0.15, 0.2) is 0 Å². The molecule has 1 N–H and O–H groups in total. The fourth-order valence-corrected chi connectivity index (χ4v) is 3.53. The van der Waals surface area contributed by atoms with Crippen LogP contribution in [0, 0.1) is 5.82 Å². The number of halogens is 4. The molecule has 0 saturated carbocycles. The van der Waals surface area contributed by atoms with Crippen molar-refractivity contribution in [3.63, 3.8) is 0 Å². The third-order valence-corrected chi connectivity index (χ3v) is 5.13. The number of hydrogen-bond acceptors (Lipinski definition) is 4. The molecule has 1 atom stereocenters. The molecule has 1 aromatic carbocycles. The van der Waals surface area contributed by atoms with E-state index in [0.29, 0.717) is 41.5 Å². The van der Waals surface area contributed by atoms with Gasteiger partial charge in [-0.15, -0.1) is 5.10 Å². The van der Waals surface area contributed by atoms with Gasteiger partial charge >= 0.3 is 6.18 Å². The fraction of sp³-hybridized carbons (Fsp3) is 0.238. The molecular weight excluding hydrogens is 400 g/mol. The third kappa shape index (κ3) is 3.74. The Labute approximate surface area is 169 Å². The Morgan fingerprint density at radius 2 is 1.93 bits per heavy atom. The van der Waals surface area contributed by atoms with Crippen LogP contribution in [0.5, 0.6) is 0 Å². The van der Waals surface area contributed by atoms with Crippen molar-refractivity contribution in [2.75, 3.05) is 6.54 Å². The van der Waals surface area contributed by atoms with Crippen LogP contribution < -0.4 is 5.32 Å². The number of nitrogens with zero attached hydrogens (tertiary/aromatic N) is 3. The van der Waals surface area contributed by atoms with Crippen molar-refractivity contribution in [2.24, 2.45) is 0 Å². The standard InChI is InChI=1S/C21H16F4N4O/c1-11(12-6-14(21(23,24)25)9-15(22)7-12)13-8-18(29-28-10-13)19-16-2-5-27-20(30)17(16)3-4-26-19/h3-4,6-11H,2,5H2,1H3,(H,27,30). The number of carbonyl (C=O) groups excluding carboxylic acids is 1. The summed E-state index contributed by atoms with van der Waals surface area (Å²) in [6, 6.07) is 5.76. The first-order valence-corrected chi connectivity index (χ1v) is 9.21. The van der Waals surface area contributed by atoms with E-state index in [2.05, 4.69) is 20.5 Å². The smallest absolute Gasteiger partial charge is 0.352 e. The molecule has 5 nitrogen and oxygen atoms in total. The number of aromatic nitrogens is 3. The summed E-state index contributed by atoms with van der Waals surface area (Å²) in [6.45, 7) is 2.13. The largest absolute Gasteiger partial charge is 0.416 e. The van der Waals surface area contributed by atoms with Gasteiger partial charge < -0.3 is 5.32 Å². The molecule has 0 saturated heterocycles. The van der Waals surface area contributed by atoms with E-state index >= 15 is 0 Å². The highest BCUT2D eigenvalue weighted by atomic mass is 19.4. The number of fused-ring (bicyclic) bond motifs is 1. The summed E-state index contributed by atoms with van der Waals surface area (Å²) in [5.74, 6) is -1.73. The van der Waals surface area contributed by atoms with Crippen LogP contribution >= 0.6 is 0 Å². The predicted molar refractivity (Wildman–Crippen MR) is 100 cm³/mol. The van der Waals surface area contributed by atoms with Gasteiger partial charge in [-0.25, -0.2) is 4.39 Å². The Morgan fingerprint density at radius 1 is 1.13 bits per heavy atom. The molecule has 154 valence electrons. The second-order valence-corrected chi connectivity index (χ2v) is 7.06. The van der Waals surface area contributed by atoms with Crippen molar-refractivity contribution in [1.82, 2.24) is 20.5 Å². The van der Waals surface area contributed by atoms with E-state index in [1.165, 1.54) is 12.4 Å². The lowest BCUT2D eigenvalue weighted by atomic mass is 9.91. The SMILES string of the molecule is CC(c1cc(F)cc(C(F)(F)F)c1)c1cnnc(-c2nccc3c2CCNC3=O)c1. The van der Waals surface area contributed by atoms with Crippen LogP contribution in [0.25, 0.3) is 11.4 Å². The highest BCUT2D eigenvalue weighted by Gasteiger charge is 2.32. The molecule has 3 aromatic rings. The lowest BCUT2D eigenvalue weighted by molar-refractivity contribution is -0.137. The molecule has 0 radical (unpaired) electrons. The number of benzene rings is 1. The lowest BCUT2D eigenvalue weighted by Crippen LogP contribution is -2.32. The summed E-state index contributed by atoms with van der Waals surface area (Å²) >= 11 is 0. The molecule has 2 aromatic heterocycles. The van der Waals surface area contributed by atoms with E-state index in [0.717, 1.165) is 17.7 Å². The van der Waals surface area contributed by atoms with Crippen LogP contribution in [0.15, 0.2) is 42.7 Å². The fourth-order valence-electron chi connectivity index (χ4n) is 3.53. The number of pyridine rings is 1. The Kier molecular flexibility index (Phi) is 4.97. The third-order valence-electron chi connectivity index (χ3n) is 5.13. The topological polar surface area (TPSA) is 67.8 Å². The monoisotopic (exact) mass is 416 g/mol. The van der Waals surface area contributed by atoms with Crippen molar-refractivity contribution < 1.29 is 22.4 Å². The van der Waals surface area contributed by atoms with Gasteiger partial charge in [-0.1, -0.05) is 6.92 Å². The zero-order chi connectivity index (χ0) is 21.5. The highest BCUT2D eigenvalue weighted by molar-refractivity contribution is 5.98. The van der Waals surface area contributed by atoms with E-state index < -0.39 is 23.5 Å². The van der Waals surface area contributed by atoms with Gasteiger partial charge in [0.05, 0.1) is 17.5 Å². The van der Waals surface area contributed by atoms with Crippen molar-refractivity contribution >= 4 is 5.91 Å². The number of amides is 1. The normalized spacial score (nSPS) is 14.8. The van der Waals surface area contributed by atoms with Crippen molar-refractivity contribution in [3.05, 3.63) is 76.4 Å². The van der Waals surface area contributed by atoms with Crippen LogP contribution in [0.4, 0.5) is 17.6 Å². The Morgan fingerprint density at radius 3 is 2.70 bits per heavy atom. The van der Waals surface area contributed by atoms with Gasteiger partial charge in [0.1, 0.15) is 11.5 Å². The van der Waals surface area contributed by atoms with E-state index in [9.17, 15) is 22.4 Å². The predicted octanol–water partition coefficient (Wildman–Crippen LogP) is 4.13. The molecule has 0 aliphatic carbocycles. The van der Waals surface area contributed by atoms with Crippen molar-refractivity contribution in [3.8, 4) is 11.4 Å². The number of rotatable bonds is 3. The molecule has 3 heterocycles. The average molecular weight is 416 g/mol. The molecule has 1 aliphatic rings. The van der Waals surface area contributed by atoms with Gasteiger partial charge in [-0.3, -0.25) is 9.78 Å². The maximum Gasteiger partial charge on any atom is 0.416 e. The summed E-state index contributed by atoms with van der Waals surface area (Å²) in [5, 5.41) is 10.8. The number of hydrogen-bond donors (Lipinski definition) is 1. The van der Waals surface area contributed by atoms with E-state index in [1.54, 1.807) is 19.1 Å². The molecule has 1 aliphatic heterocycles. The Bertz CT molecular complexity index is 1130. The van der Waals surface area contributed by atoms with E-state index in [1.807, 2.05) is 0 Å². The summed E-state index contributed by atoms with van der Waals surface area (Å²) in [4.78, 5) is 16.4. The summed E-state index contributed by atoms with van der Waals surface area (Å²) < 4.78 is 53.0. The molecular formula is C21H16F4N4O. The molecule has 0 spiro atoms. The summed E-state index contributed by atoms with van der Waals surface area (Å²) in [5.41, 5.74) is 1.83. The van der Waals surface area contributed by atoms with Crippen LogP contribution in [-0.2, 0) is 12.6 Å². The van der Waals surface area contributed by atoms with Crippen molar-refractivity contribution in [2.45, 2.75) is 25.4 Å². The Balaban J connectivity index is 1.74. The van der Waals surface area contributed by atoms with Crippen LogP contribution in [-0.4, -0.2) is 27.6 Å². The highest BCUT2D eigenvalue weighted by Crippen LogP contribution is 2.34. The average Bonchev–Trinajstić information content (AvgIpc) is 2.72. The molecule has 0 fully saturated rings. The van der Waals surface area contributed by atoms with Crippen LogP contribution in [0.2, 0.25) is 0 Å². The Hall–Kier alpha value is -3.36. The zero-order valence-electron chi connectivity index (χ0n) is 15.8. The molecule has 1 amide bonds. The number of alkyl halides is 3. The van der Waals surface area contributed by atoms with E-state index in [4.69, 9.17) is 0 Å². The number of carbonyl (C=O) groups is 1. The molecule has 0 bridgehead atoms. The van der Waals surface area contributed by atoms with Crippen LogP contribution in [0.3, 0.4) is 0 Å². The maximum absolute atomic E-state index is 13.8. The minimum atomic E-state index is -4.65. The second-order valence-electron chi connectivity index (χ2n) is 7.06. The maximum atomic E-state index is 13.8. The first kappa shape index (κ1) is 19.9. The summed E-state index contributed by atoms with van der Waals surface area (Å²) in [6.07, 6.45) is -1.15. The zero-order valence-corrected chi connectivity index (χ0v) is 15.8.